The average molecular weight is 471 g/mol. The fourth-order valence-corrected chi connectivity index (χ4v) is 4.20. The molecule has 0 aliphatic carbocycles. The minimum Gasteiger partial charge on any atom is -0.353 e. The highest BCUT2D eigenvalue weighted by molar-refractivity contribution is 6.33. The van der Waals surface area contributed by atoms with Gasteiger partial charge in [0.25, 0.3) is 0 Å². The van der Waals surface area contributed by atoms with Crippen molar-refractivity contribution in [1.29, 1.82) is 0 Å². The number of rotatable bonds is 6. The van der Waals surface area contributed by atoms with Gasteiger partial charge >= 0.3 is 6.03 Å². The van der Waals surface area contributed by atoms with Crippen LogP contribution in [0.1, 0.15) is 19.3 Å². The second-order valence-corrected chi connectivity index (χ2v) is 8.41. The van der Waals surface area contributed by atoms with Crippen LogP contribution in [0.3, 0.4) is 0 Å². The van der Waals surface area contributed by atoms with Gasteiger partial charge in [-0.25, -0.2) is 9.78 Å². The summed E-state index contributed by atoms with van der Waals surface area (Å²) in [4.78, 5) is 46.8. The summed E-state index contributed by atoms with van der Waals surface area (Å²) in [6.07, 6.45) is 3.32. The molecule has 0 spiro atoms. The van der Waals surface area contributed by atoms with Gasteiger partial charge in [0, 0.05) is 64.0 Å². The first-order valence-corrected chi connectivity index (χ1v) is 11.5. The molecule has 1 aromatic heterocycles. The lowest BCUT2D eigenvalue weighted by Crippen LogP contribution is -2.49. The predicted molar refractivity (Wildman–Crippen MR) is 128 cm³/mol. The number of hydrogen-bond donors (Lipinski definition) is 2. The number of halogens is 1. The van der Waals surface area contributed by atoms with Crippen LogP contribution in [0, 0.1) is 0 Å². The predicted octanol–water partition coefficient (Wildman–Crippen LogP) is 2.72. The van der Waals surface area contributed by atoms with E-state index in [1.165, 1.54) is 0 Å². The number of benzene rings is 1. The fourth-order valence-electron chi connectivity index (χ4n) is 4.03. The Labute approximate surface area is 197 Å². The third-order valence-corrected chi connectivity index (χ3v) is 6.14. The van der Waals surface area contributed by atoms with Crippen molar-refractivity contribution in [2.45, 2.75) is 19.3 Å². The van der Waals surface area contributed by atoms with E-state index in [2.05, 4.69) is 20.5 Å². The second-order valence-electron chi connectivity index (χ2n) is 8.00. The molecule has 2 aliphatic rings. The number of urea groups is 1. The van der Waals surface area contributed by atoms with Gasteiger partial charge in [0.2, 0.25) is 11.8 Å². The SMILES string of the molecule is O=C(NCCC(=O)N1CCN(c2ccccn2)CC1)Nc1cc(N2CCCC2=O)ccc1Cl. The van der Waals surface area contributed by atoms with Gasteiger partial charge in [0.1, 0.15) is 5.82 Å². The average Bonchev–Trinajstić information content (AvgIpc) is 3.27. The molecule has 2 saturated heterocycles. The molecule has 4 rings (SSSR count). The summed E-state index contributed by atoms with van der Waals surface area (Å²) >= 11 is 6.21. The van der Waals surface area contributed by atoms with Gasteiger partial charge in [-0.3, -0.25) is 9.59 Å². The summed E-state index contributed by atoms with van der Waals surface area (Å²) in [6.45, 7) is 3.58. The number of anilines is 3. The van der Waals surface area contributed by atoms with Crippen LogP contribution in [-0.4, -0.2) is 67.0 Å². The van der Waals surface area contributed by atoms with Crippen molar-refractivity contribution in [3.05, 3.63) is 47.6 Å². The Kier molecular flexibility index (Phi) is 7.29. The highest BCUT2D eigenvalue weighted by atomic mass is 35.5. The zero-order valence-corrected chi connectivity index (χ0v) is 19.1. The Morgan fingerprint density at radius 1 is 1.06 bits per heavy atom. The largest absolute Gasteiger partial charge is 0.353 e. The smallest absolute Gasteiger partial charge is 0.319 e. The lowest BCUT2D eigenvalue weighted by atomic mass is 10.2. The van der Waals surface area contributed by atoms with E-state index < -0.39 is 6.03 Å². The normalized spacial score (nSPS) is 16.2. The van der Waals surface area contributed by atoms with Gasteiger partial charge in [-0.05, 0) is 36.8 Å². The molecule has 4 amide bonds. The van der Waals surface area contributed by atoms with Crippen molar-refractivity contribution in [1.82, 2.24) is 15.2 Å². The lowest BCUT2D eigenvalue weighted by molar-refractivity contribution is -0.131. The minimum atomic E-state index is -0.449. The summed E-state index contributed by atoms with van der Waals surface area (Å²) in [5, 5.41) is 5.79. The molecule has 1 aromatic carbocycles. The first kappa shape index (κ1) is 22.8. The van der Waals surface area contributed by atoms with E-state index in [9.17, 15) is 14.4 Å². The monoisotopic (exact) mass is 470 g/mol. The number of nitrogens with zero attached hydrogens (tertiary/aromatic N) is 4. The third kappa shape index (κ3) is 5.73. The van der Waals surface area contributed by atoms with Gasteiger partial charge in [0.15, 0.2) is 0 Å². The molecule has 2 N–H and O–H groups in total. The third-order valence-electron chi connectivity index (χ3n) is 5.81. The van der Waals surface area contributed by atoms with Gasteiger partial charge in [-0.15, -0.1) is 0 Å². The minimum absolute atomic E-state index is 0.00328. The summed E-state index contributed by atoms with van der Waals surface area (Å²) in [5.74, 6) is 0.982. The van der Waals surface area contributed by atoms with E-state index in [0.717, 1.165) is 25.3 Å². The standard InChI is InChI=1S/C23H27ClN6O3/c24-18-7-6-17(30-11-3-5-22(30)32)16-19(18)27-23(33)26-10-8-21(31)29-14-12-28(13-15-29)20-4-1-2-9-25-20/h1-2,4,6-7,9,16H,3,5,8,10-15H2,(H2,26,27,33). The molecular weight excluding hydrogens is 444 g/mol. The first-order valence-electron chi connectivity index (χ1n) is 11.1. The summed E-state index contributed by atoms with van der Waals surface area (Å²) in [7, 11) is 0. The molecule has 0 radical (unpaired) electrons. The van der Waals surface area contributed by atoms with Crippen LogP contribution in [0.4, 0.5) is 22.0 Å². The quantitative estimate of drug-likeness (QED) is 0.676. The molecule has 9 nitrogen and oxygen atoms in total. The Morgan fingerprint density at radius 3 is 2.58 bits per heavy atom. The van der Waals surface area contributed by atoms with E-state index in [-0.39, 0.29) is 24.8 Å². The maximum absolute atomic E-state index is 12.5. The maximum atomic E-state index is 12.5. The van der Waals surface area contributed by atoms with Crippen molar-refractivity contribution < 1.29 is 14.4 Å². The molecule has 33 heavy (non-hydrogen) atoms. The summed E-state index contributed by atoms with van der Waals surface area (Å²) in [5.41, 5.74) is 1.13. The topological polar surface area (TPSA) is 97.9 Å². The number of carbonyl (C=O) groups excluding carboxylic acids is 3. The van der Waals surface area contributed by atoms with Gasteiger partial charge in [-0.2, -0.15) is 0 Å². The summed E-state index contributed by atoms with van der Waals surface area (Å²) < 4.78 is 0. The van der Waals surface area contributed by atoms with Crippen LogP contribution in [0.5, 0.6) is 0 Å². The Balaban J connectivity index is 1.21. The molecule has 0 saturated carbocycles. The van der Waals surface area contributed by atoms with Crippen molar-refractivity contribution in [3.63, 3.8) is 0 Å². The number of carbonyl (C=O) groups is 3. The van der Waals surface area contributed by atoms with Crippen LogP contribution in [-0.2, 0) is 9.59 Å². The molecular formula is C23H27ClN6O3. The van der Waals surface area contributed by atoms with Crippen LogP contribution >= 0.6 is 11.6 Å². The zero-order valence-electron chi connectivity index (χ0n) is 18.3. The van der Waals surface area contributed by atoms with Crippen molar-refractivity contribution in [3.8, 4) is 0 Å². The van der Waals surface area contributed by atoms with E-state index >= 15 is 0 Å². The zero-order chi connectivity index (χ0) is 23.2. The Hall–Kier alpha value is -3.33. The molecule has 2 aliphatic heterocycles. The van der Waals surface area contributed by atoms with Crippen LogP contribution in [0.25, 0.3) is 0 Å². The second kappa shape index (κ2) is 10.5. The Morgan fingerprint density at radius 2 is 1.88 bits per heavy atom. The number of amides is 4. The van der Waals surface area contributed by atoms with Crippen LogP contribution in [0.15, 0.2) is 42.6 Å². The molecule has 0 atom stereocenters. The molecule has 0 unspecified atom stereocenters. The van der Waals surface area contributed by atoms with E-state index in [1.807, 2.05) is 23.1 Å². The molecule has 10 heteroatoms. The maximum Gasteiger partial charge on any atom is 0.319 e. The highest BCUT2D eigenvalue weighted by Gasteiger charge is 2.23. The lowest BCUT2D eigenvalue weighted by Gasteiger charge is -2.35. The molecule has 3 heterocycles. The molecule has 174 valence electrons. The van der Waals surface area contributed by atoms with Crippen molar-refractivity contribution >= 4 is 46.6 Å². The van der Waals surface area contributed by atoms with Crippen LogP contribution < -0.4 is 20.4 Å². The van der Waals surface area contributed by atoms with Gasteiger partial charge in [-0.1, -0.05) is 17.7 Å². The first-order chi connectivity index (χ1) is 16.0. The molecule has 0 bridgehead atoms. The number of nitrogens with one attached hydrogen (secondary N) is 2. The van der Waals surface area contributed by atoms with E-state index in [0.29, 0.717) is 42.5 Å². The van der Waals surface area contributed by atoms with E-state index in [1.54, 1.807) is 29.3 Å². The molecule has 2 aromatic rings. The number of hydrogen-bond acceptors (Lipinski definition) is 5. The van der Waals surface area contributed by atoms with Gasteiger partial charge in [0.05, 0.1) is 10.7 Å². The Bertz CT molecular complexity index is 1010. The van der Waals surface area contributed by atoms with E-state index in [4.69, 9.17) is 11.6 Å². The van der Waals surface area contributed by atoms with Crippen LogP contribution in [0.2, 0.25) is 5.02 Å². The number of pyridine rings is 1. The van der Waals surface area contributed by atoms with Gasteiger partial charge < -0.3 is 25.3 Å². The van der Waals surface area contributed by atoms with Crippen molar-refractivity contribution in [2.24, 2.45) is 0 Å². The number of piperazine rings is 1. The fraction of sp³-hybridized carbons (Fsp3) is 0.391. The summed E-state index contributed by atoms with van der Waals surface area (Å²) in [6, 6.07) is 10.5. The van der Waals surface area contributed by atoms with Crippen molar-refractivity contribution in [2.75, 3.05) is 54.4 Å². The molecule has 2 fully saturated rings. The highest BCUT2D eigenvalue weighted by Crippen LogP contribution is 2.29. The number of aromatic nitrogens is 1.